The first-order valence-electron chi connectivity index (χ1n) is 12.9. The zero-order valence-corrected chi connectivity index (χ0v) is 21.5. The minimum Gasteiger partial charge on any atom is -0.369 e. The maximum Gasteiger partial charge on any atom is 0.270 e. The number of hydrogen-bond acceptors (Lipinski definition) is 6. The van der Waals surface area contributed by atoms with Gasteiger partial charge in [-0.15, -0.1) is 0 Å². The number of hydrogen-bond donors (Lipinski definition) is 0. The number of rotatable bonds is 6. The van der Waals surface area contributed by atoms with Crippen molar-refractivity contribution in [1.82, 2.24) is 9.55 Å². The van der Waals surface area contributed by atoms with E-state index in [9.17, 15) is 19.7 Å². The van der Waals surface area contributed by atoms with Crippen LogP contribution in [0, 0.1) is 41.3 Å². The summed E-state index contributed by atoms with van der Waals surface area (Å²) in [6.07, 6.45) is 6.06. The number of aromatic nitrogens is 2. The Hall–Kier alpha value is -3.91. The van der Waals surface area contributed by atoms with Gasteiger partial charge >= 0.3 is 0 Å². The van der Waals surface area contributed by atoms with Crippen molar-refractivity contribution in [1.29, 1.82) is 10.5 Å². The highest BCUT2D eigenvalue weighted by atomic mass is 19.1. The monoisotopic (exact) mass is 498 g/mol. The van der Waals surface area contributed by atoms with E-state index < -0.39 is 0 Å². The number of nitrogens with zero attached hydrogens (tertiary/aromatic N) is 6. The second kappa shape index (κ2) is 9.86. The van der Waals surface area contributed by atoms with E-state index in [-0.39, 0.29) is 28.7 Å². The van der Waals surface area contributed by atoms with Gasteiger partial charge in [-0.2, -0.15) is 10.5 Å². The number of fused-ring (bicyclic) bond motifs is 1. The summed E-state index contributed by atoms with van der Waals surface area (Å²) < 4.78 is 15.8. The van der Waals surface area contributed by atoms with Gasteiger partial charge in [0.15, 0.2) is 0 Å². The average Bonchev–Trinajstić information content (AvgIpc) is 3.74. The van der Waals surface area contributed by atoms with Crippen molar-refractivity contribution >= 4 is 22.4 Å². The fourth-order valence-corrected chi connectivity index (χ4v) is 5.77. The van der Waals surface area contributed by atoms with Crippen molar-refractivity contribution < 1.29 is 4.39 Å². The highest BCUT2D eigenvalue weighted by Crippen LogP contribution is 2.38. The molecule has 8 heteroatoms. The Labute approximate surface area is 216 Å². The molecule has 0 aliphatic heterocycles. The van der Waals surface area contributed by atoms with E-state index in [4.69, 9.17) is 0 Å². The molecule has 0 bridgehead atoms. The first-order valence-corrected chi connectivity index (χ1v) is 12.9. The summed E-state index contributed by atoms with van der Waals surface area (Å²) in [7, 11) is 3.54. The molecule has 2 fully saturated rings. The quantitative estimate of drug-likeness (QED) is 0.486. The summed E-state index contributed by atoms with van der Waals surface area (Å²) in [5.41, 5.74) is 3.20. The van der Waals surface area contributed by atoms with Crippen molar-refractivity contribution in [3.8, 4) is 12.1 Å². The molecule has 0 amide bonds. The van der Waals surface area contributed by atoms with E-state index in [0.717, 1.165) is 37.9 Å². The lowest BCUT2D eigenvalue weighted by atomic mass is 9.88. The van der Waals surface area contributed by atoms with E-state index in [2.05, 4.69) is 22.0 Å². The van der Waals surface area contributed by atoms with Gasteiger partial charge in [-0.05, 0) is 75.6 Å². The SMILES string of the molecule is Cc1c(F)cccc1N(CC1CC1)C1CCC(N(C)c2c(C#N)c(=O)n(C)c3ccc(C#N)nc23)CC1. The minimum absolute atomic E-state index is 0.0490. The number of nitriles is 2. The second-order valence-corrected chi connectivity index (χ2v) is 10.4. The maximum atomic E-state index is 14.4. The summed E-state index contributed by atoms with van der Waals surface area (Å²) in [5.74, 6) is 0.506. The van der Waals surface area contributed by atoms with Crippen molar-refractivity contribution in [2.45, 2.75) is 57.5 Å². The number of benzene rings is 1. The zero-order valence-electron chi connectivity index (χ0n) is 21.5. The Kier molecular flexibility index (Phi) is 6.60. The summed E-state index contributed by atoms with van der Waals surface area (Å²) >= 11 is 0. The third kappa shape index (κ3) is 4.53. The van der Waals surface area contributed by atoms with Gasteiger partial charge in [0.25, 0.3) is 5.56 Å². The van der Waals surface area contributed by atoms with Crippen molar-refractivity contribution in [3.63, 3.8) is 0 Å². The molecule has 0 unspecified atom stereocenters. The number of anilines is 2. The first-order chi connectivity index (χ1) is 17.8. The van der Waals surface area contributed by atoms with Gasteiger partial charge in [-0.25, -0.2) is 9.37 Å². The molecule has 3 aromatic rings. The molecule has 2 saturated carbocycles. The van der Waals surface area contributed by atoms with Crippen LogP contribution in [0.1, 0.15) is 55.3 Å². The van der Waals surface area contributed by atoms with Gasteiger partial charge in [0.05, 0.1) is 11.2 Å². The van der Waals surface area contributed by atoms with Crippen LogP contribution in [0.2, 0.25) is 0 Å². The summed E-state index contributed by atoms with van der Waals surface area (Å²) in [5, 5.41) is 19.3. The van der Waals surface area contributed by atoms with E-state index in [1.165, 1.54) is 23.5 Å². The van der Waals surface area contributed by atoms with Crippen LogP contribution in [-0.2, 0) is 7.05 Å². The minimum atomic E-state index is -0.366. The molecule has 0 spiro atoms. The fourth-order valence-electron chi connectivity index (χ4n) is 5.77. The van der Waals surface area contributed by atoms with Gasteiger partial charge in [-0.3, -0.25) is 4.79 Å². The maximum absolute atomic E-state index is 14.4. The van der Waals surface area contributed by atoms with E-state index in [1.54, 1.807) is 25.2 Å². The molecule has 5 rings (SSSR count). The summed E-state index contributed by atoms with van der Waals surface area (Å²) in [6, 6.07) is 13.2. The molecule has 7 nitrogen and oxygen atoms in total. The van der Waals surface area contributed by atoms with Crippen LogP contribution in [0.15, 0.2) is 35.1 Å². The Bertz CT molecular complexity index is 1490. The molecule has 37 heavy (non-hydrogen) atoms. The molecule has 2 heterocycles. The normalized spacial score (nSPS) is 19.3. The Morgan fingerprint density at radius 1 is 1.05 bits per heavy atom. The third-order valence-electron chi connectivity index (χ3n) is 8.15. The Morgan fingerprint density at radius 2 is 1.76 bits per heavy atom. The molecule has 0 radical (unpaired) electrons. The smallest absolute Gasteiger partial charge is 0.270 e. The zero-order chi connectivity index (χ0) is 26.3. The van der Waals surface area contributed by atoms with Crippen molar-refractivity contribution in [2.75, 3.05) is 23.4 Å². The van der Waals surface area contributed by atoms with Crippen LogP contribution in [0.5, 0.6) is 0 Å². The molecular weight excluding hydrogens is 467 g/mol. The molecule has 0 atom stereocenters. The molecule has 0 N–H and O–H groups in total. The van der Waals surface area contributed by atoms with Gasteiger partial charge < -0.3 is 14.4 Å². The lowest BCUT2D eigenvalue weighted by Gasteiger charge is -2.42. The summed E-state index contributed by atoms with van der Waals surface area (Å²) in [6.45, 7) is 2.81. The number of aryl methyl sites for hydroxylation is 1. The van der Waals surface area contributed by atoms with Crippen LogP contribution in [0.25, 0.3) is 11.0 Å². The van der Waals surface area contributed by atoms with Crippen LogP contribution < -0.4 is 15.4 Å². The average molecular weight is 499 g/mol. The standard InChI is InChI=1S/C29H31FN6O/c1-18-24(30)5-4-6-25(18)36(17-19-7-8-19)22-12-10-21(11-13-22)34(2)28-23(16-32)29(37)35(3)26-14-9-20(15-31)33-27(26)28/h4-6,9,14,19,21-22H,7-8,10-13,17H2,1-3H3. The largest absolute Gasteiger partial charge is 0.369 e. The lowest BCUT2D eigenvalue weighted by Crippen LogP contribution is -2.45. The highest BCUT2D eigenvalue weighted by Gasteiger charge is 2.34. The van der Waals surface area contributed by atoms with Crippen molar-refractivity contribution in [3.05, 3.63) is 63.3 Å². The van der Waals surface area contributed by atoms with Crippen LogP contribution in [0.3, 0.4) is 0 Å². The van der Waals surface area contributed by atoms with Crippen LogP contribution in [-0.4, -0.2) is 35.2 Å². The van der Waals surface area contributed by atoms with E-state index in [0.29, 0.717) is 34.2 Å². The molecule has 0 saturated heterocycles. The summed E-state index contributed by atoms with van der Waals surface area (Å²) in [4.78, 5) is 22.0. The van der Waals surface area contributed by atoms with Gasteiger partial charge in [0.2, 0.25) is 0 Å². The fraction of sp³-hybridized carbons (Fsp3) is 0.448. The highest BCUT2D eigenvalue weighted by molar-refractivity contribution is 5.92. The van der Waals surface area contributed by atoms with Gasteiger partial charge in [0.1, 0.15) is 34.7 Å². The molecule has 2 aromatic heterocycles. The topological polar surface area (TPSA) is 89.0 Å². The number of halogens is 1. The predicted molar refractivity (Wildman–Crippen MR) is 142 cm³/mol. The molecule has 1 aromatic carbocycles. The number of pyridine rings is 2. The van der Waals surface area contributed by atoms with Gasteiger partial charge in [0, 0.05) is 44.0 Å². The molecule has 2 aliphatic carbocycles. The molecule has 2 aliphatic rings. The third-order valence-corrected chi connectivity index (χ3v) is 8.15. The second-order valence-electron chi connectivity index (χ2n) is 10.4. The van der Waals surface area contributed by atoms with E-state index >= 15 is 0 Å². The lowest BCUT2D eigenvalue weighted by molar-refractivity contribution is 0.364. The van der Waals surface area contributed by atoms with Crippen molar-refractivity contribution in [2.24, 2.45) is 13.0 Å². The van der Waals surface area contributed by atoms with E-state index in [1.807, 2.05) is 24.9 Å². The predicted octanol–water partition coefficient (Wildman–Crippen LogP) is 4.79. The Morgan fingerprint density at radius 3 is 2.41 bits per heavy atom. The van der Waals surface area contributed by atoms with Gasteiger partial charge in [-0.1, -0.05) is 6.07 Å². The Balaban J connectivity index is 1.44. The molecule has 190 valence electrons. The van der Waals surface area contributed by atoms with Crippen LogP contribution in [0.4, 0.5) is 15.8 Å². The molecular formula is C29H31FN6O. The first kappa shape index (κ1) is 24.8. The van der Waals surface area contributed by atoms with Crippen LogP contribution >= 0.6 is 0 Å².